The first-order valence-electron chi connectivity index (χ1n) is 17.5. The molecule has 0 fully saturated rings. The summed E-state index contributed by atoms with van der Waals surface area (Å²) in [7, 11) is -2.97. The number of nitrogens with one attached hydrogen (secondary N) is 1. The van der Waals surface area contributed by atoms with Crippen molar-refractivity contribution in [2.75, 3.05) is 19.5 Å². The van der Waals surface area contributed by atoms with E-state index in [0.29, 0.717) is 54.6 Å². The van der Waals surface area contributed by atoms with Gasteiger partial charge in [0, 0.05) is 53.3 Å². The van der Waals surface area contributed by atoms with Crippen LogP contribution in [0, 0.1) is 11.2 Å². The van der Waals surface area contributed by atoms with Crippen LogP contribution in [-0.2, 0) is 41.7 Å². The summed E-state index contributed by atoms with van der Waals surface area (Å²) in [6, 6.07) is 19.9. The molecule has 1 aliphatic heterocycles. The summed E-state index contributed by atoms with van der Waals surface area (Å²) in [4.78, 5) is 28.3. The number of esters is 2. The zero-order valence-corrected chi connectivity index (χ0v) is 30.7. The summed E-state index contributed by atoms with van der Waals surface area (Å²) in [5, 5.41) is 3.94. The van der Waals surface area contributed by atoms with Crippen molar-refractivity contribution in [2.45, 2.75) is 70.6 Å². The average molecular weight is 730 g/mol. The molecule has 1 N–H and O–H groups in total. The highest BCUT2D eigenvalue weighted by atomic mass is 32.2. The normalized spacial score (nSPS) is 18.7. The summed E-state index contributed by atoms with van der Waals surface area (Å²) in [6.07, 6.45) is 5.84. The molecule has 3 heterocycles. The number of aromatic amines is 1. The Hall–Kier alpha value is -4.97. The van der Waals surface area contributed by atoms with Gasteiger partial charge >= 0.3 is 11.9 Å². The molecule has 274 valence electrons. The number of methoxy groups -OCH3 is 1. The van der Waals surface area contributed by atoms with Crippen LogP contribution in [0.5, 0.6) is 11.5 Å². The van der Waals surface area contributed by atoms with Crippen molar-refractivity contribution in [1.29, 1.82) is 0 Å². The van der Waals surface area contributed by atoms with E-state index in [0.717, 1.165) is 23.8 Å². The van der Waals surface area contributed by atoms with E-state index in [1.807, 2.05) is 55.1 Å². The van der Waals surface area contributed by atoms with Crippen molar-refractivity contribution in [3.05, 3.63) is 102 Å². The molecule has 6 rings (SSSR count). The monoisotopic (exact) mass is 729 g/mol. The third kappa shape index (κ3) is 8.22. The number of H-pyrrole nitrogens is 1. The van der Waals surface area contributed by atoms with Crippen LogP contribution in [0.1, 0.15) is 69.2 Å². The lowest BCUT2D eigenvalue weighted by Gasteiger charge is -2.28. The van der Waals surface area contributed by atoms with Gasteiger partial charge in [-0.25, -0.2) is 12.8 Å². The van der Waals surface area contributed by atoms with E-state index in [2.05, 4.69) is 11.1 Å². The van der Waals surface area contributed by atoms with Crippen molar-refractivity contribution < 1.29 is 36.6 Å². The largest absolute Gasteiger partial charge is 0.468 e. The fourth-order valence-corrected chi connectivity index (χ4v) is 9.34. The Morgan fingerprint density at radius 3 is 2.69 bits per heavy atom. The molecule has 3 aromatic carbocycles. The van der Waals surface area contributed by atoms with E-state index >= 15 is 4.39 Å². The highest BCUT2D eigenvalue weighted by Gasteiger charge is 2.39. The molecule has 0 aliphatic carbocycles. The number of hydrogen-bond acceptors (Lipinski definition) is 8. The minimum Gasteiger partial charge on any atom is -0.468 e. The number of aryl methyl sites for hydroxylation is 1. The van der Waals surface area contributed by atoms with Gasteiger partial charge in [-0.3, -0.25) is 14.3 Å². The SMILES string of the molecule is CCOC(=O)CCc1cccc(C2CCCC(C)(C)CS(=O)(=O)C(C(=O)OC)Cc3c(c(F)cc4[nH]ccc34)Oc3cccc(c3)-c3ccn2n3)c1. The van der Waals surface area contributed by atoms with Crippen molar-refractivity contribution in [2.24, 2.45) is 5.41 Å². The molecule has 0 saturated carbocycles. The summed E-state index contributed by atoms with van der Waals surface area (Å²) >= 11 is 0. The first kappa shape index (κ1) is 36.8. The maximum atomic E-state index is 15.9. The molecular weight excluding hydrogens is 686 g/mol. The molecule has 0 amide bonds. The third-order valence-electron chi connectivity index (χ3n) is 9.61. The number of hydrogen-bond donors (Lipinski definition) is 1. The number of aromatic nitrogens is 3. The van der Waals surface area contributed by atoms with Gasteiger partial charge in [-0.15, -0.1) is 0 Å². The second-order valence-electron chi connectivity index (χ2n) is 14.1. The van der Waals surface area contributed by atoms with Crippen LogP contribution in [0.2, 0.25) is 0 Å². The van der Waals surface area contributed by atoms with Crippen molar-refractivity contribution in [3.8, 4) is 22.8 Å². The number of fused-ring (bicyclic) bond motifs is 8. The van der Waals surface area contributed by atoms with Gasteiger partial charge in [-0.2, -0.15) is 5.10 Å². The Kier molecular flexibility index (Phi) is 10.9. The quantitative estimate of drug-likeness (QED) is 0.176. The smallest absolute Gasteiger partial charge is 0.324 e. The Bertz CT molecular complexity index is 2190. The summed E-state index contributed by atoms with van der Waals surface area (Å²) in [5.41, 5.74) is 3.39. The fourth-order valence-electron chi connectivity index (χ4n) is 7.09. The van der Waals surface area contributed by atoms with Gasteiger partial charge in [-0.05, 0) is 67.0 Å². The Morgan fingerprint density at radius 1 is 1.10 bits per heavy atom. The van der Waals surface area contributed by atoms with Crippen LogP contribution < -0.4 is 4.74 Å². The third-order valence-corrected chi connectivity index (χ3v) is 12.0. The molecule has 0 spiro atoms. The van der Waals surface area contributed by atoms with Crippen molar-refractivity contribution in [1.82, 2.24) is 14.8 Å². The molecule has 4 bridgehead atoms. The number of sulfone groups is 1. The second-order valence-corrected chi connectivity index (χ2v) is 16.2. The molecule has 5 aromatic rings. The van der Waals surface area contributed by atoms with Crippen LogP contribution in [0.4, 0.5) is 4.39 Å². The van der Waals surface area contributed by atoms with Crippen LogP contribution in [0.3, 0.4) is 0 Å². The van der Waals surface area contributed by atoms with Crippen molar-refractivity contribution >= 4 is 32.7 Å². The Balaban J connectivity index is 1.44. The molecule has 12 heteroatoms. The number of carbonyl (C=O) groups is 2. The highest BCUT2D eigenvalue weighted by Crippen LogP contribution is 2.39. The second kappa shape index (κ2) is 15.3. The van der Waals surface area contributed by atoms with Gasteiger partial charge in [0.1, 0.15) is 5.75 Å². The minimum atomic E-state index is -4.12. The van der Waals surface area contributed by atoms with E-state index in [9.17, 15) is 18.0 Å². The number of ether oxygens (including phenoxy) is 3. The molecular formula is C40H44FN3O7S. The van der Waals surface area contributed by atoms with Gasteiger partial charge in [0.15, 0.2) is 26.7 Å². The lowest BCUT2D eigenvalue weighted by atomic mass is 9.87. The van der Waals surface area contributed by atoms with Gasteiger partial charge in [0.25, 0.3) is 0 Å². The first-order valence-corrected chi connectivity index (χ1v) is 19.2. The molecule has 2 aromatic heterocycles. The van der Waals surface area contributed by atoms with Gasteiger partial charge in [-0.1, -0.05) is 56.7 Å². The zero-order chi connectivity index (χ0) is 37.0. The molecule has 1 aliphatic rings. The van der Waals surface area contributed by atoms with E-state index in [1.54, 1.807) is 37.4 Å². The molecule has 2 atom stereocenters. The molecule has 10 nitrogen and oxygen atoms in total. The van der Waals surface area contributed by atoms with E-state index in [4.69, 9.17) is 19.3 Å². The van der Waals surface area contributed by atoms with E-state index < -0.39 is 32.3 Å². The highest BCUT2D eigenvalue weighted by molar-refractivity contribution is 7.92. The predicted molar refractivity (Wildman–Crippen MR) is 196 cm³/mol. The zero-order valence-electron chi connectivity index (χ0n) is 29.9. The number of benzene rings is 3. The van der Waals surface area contributed by atoms with Gasteiger partial charge < -0.3 is 19.2 Å². The number of rotatable bonds is 6. The number of nitrogens with zero attached hydrogens (tertiary/aromatic N) is 2. The predicted octanol–water partition coefficient (Wildman–Crippen LogP) is 7.76. The molecule has 2 unspecified atom stereocenters. The van der Waals surface area contributed by atoms with Gasteiger partial charge in [0.2, 0.25) is 0 Å². The maximum Gasteiger partial charge on any atom is 0.324 e. The van der Waals surface area contributed by atoms with Crippen molar-refractivity contribution in [3.63, 3.8) is 0 Å². The lowest BCUT2D eigenvalue weighted by molar-refractivity contribution is -0.143. The molecule has 0 saturated heterocycles. The van der Waals surface area contributed by atoms with Crippen LogP contribution in [-0.4, -0.2) is 59.8 Å². The molecule has 52 heavy (non-hydrogen) atoms. The fraction of sp³-hybridized carbons (Fsp3) is 0.375. The maximum absolute atomic E-state index is 15.9. The topological polar surface area (TPSA) is 130 Å². The number of halogens is 1. The Labute approximate surface area is 303 Å². The number of carbonyl (C=O) groups excluding carboxylic acids is 2. The van der Waals surface area contributed by atoms with Crippen LogP contribution >= 0.6 is 0 Å². The van der Waals surface area contributed by atoms with E-state index in [1.165, 1.54) is 6.07 Å². The first-order chi connectivity index (χ1) is 24.9. The van der Waals surface area contributed by atoms with E-state index in [-0.39, 0.29) is 41.9 Å². The van der Waals surface area contributed by atoms with Gasteiger partial charge in [0.05, 0.1) is 31.2 Å². The minimum absolute atomic E-state index is 0.165. The molecule has 0 radical (unpaired) electrons. The summed E-state index contributed by atoms with van der Waals surface area (Å²) in [6.45, 7) is 5.87. The lowest BCUT2D eigenvalue weighted by Crippen LogP contribution is -2.39. The Morgan fingerprint density at radius 2 is 1.90 bits per heavy atom. The summed E-state index contributed by atoms with van der Waals surface area (Å²) in [5.74, 6) is -2.01. The average Bonchev–Trinajstić information content (AvgIpc) is 3.79. The van der Waals surface area contributed by atoms with Crippen LogP contribution in [0.25, 0.3) is 22.2 Å². The standard InChI is InChI=1S/C40H44FN3O7S/c1-5-50-37(45)15-14-26-9-6-11-28(21-26)35-13-8-18-40(2,3)25-52(47,48)36(39(46)49-4)23-31-30-16-19-42-34(30)24-32(41)38(31)51-29-12-7-10-27(22-29)33-17-20-44(35)43-33/h6-7,9-12,16-17,19-22,24,35-36,42H,5,8,13-15,18,23,25H2,1-4H3. The van der Waals surface area contributed by atoms with Crippen LogP contribution in [0.15, 0.2) is 79.1 Å². The summed E-state index contributed by atoms with van der Waals surface area (Å²) < 4.78 is 62.6.